The van der Waals surface area contributed by atoms with Gasteiger partial charge in [-0.15, -0.1) is 0 Å². The molecule has 0 unspecified atom stereocenters. The summed E-state index contributed by atoms with van der Waals surface area (Å²) in [7, 11) is -8.97. The molecule has 0 radical (unpaired) electrons. The van der Waals surface area contributed by atoms with E-state index in [0.717, 1.165) is 0 Å². The van der Waals surface area contributed by atoms with Crippen molar-refractivity contribution in [3.63, 3.8) is 0 Å². The Balaban J connectivity index is 0. The molecule has 0 amide bonds. The topological polar surface area (TPSA) is 167 Å². The minimum atomic E-state index is -4.48. The van der Waals surface area contributed by atoms with Crippen molar-refractivity contribution in [2.24, 2.45) is 0 Å². The third-order valence-electron chi connectivity index (χ3n) is 2.63. The van der Waals surface area contributed by atoms with Crippen molar-refractivity contribution in [3.05, 3.63) is 59.7 Å². The van der Waals surface area contributed by atoms with Crippen LogP contribution in [0.15, 0.2) is 48.5 Å². The molecule has 2 rings (SSSR count). The molecule has 8 nitrogen and oxygen atoms in total. The number of aromatic hydroxyl groups is 2. The van der Waals surface area contributed by atoms with Gasteiger partial charge in [0, 0.05) is 12.3 Å². The maximum absolute atomic E-state index is 10.3. The molecule has 2 aromatic rings. The van der Waals surface area contributed by atoms with E-state index < -0.39 is 27.5 Å². The van der Waals surface area contributed by atoms with Crippen LogP contribution in [0, 0.1) is 0 Å². The molecule has 0 atom stereocenters. The molecule has 0 fully saturated rings. The Labute approximate surface area is 182 Å². The summed E-state index contributed by atoms with van der Waals surface area (Å²) < 4.78 is 20.6. The Morgan fingerprint density at radius 1 is 0.615 bits per heavy atom. The van der Waals surface area contributed by atoms with E-state index in [-0.39, 0.29) is 57.6 Å². The Morgan fingerprint density at radius 2 is 0.846 bits per heavy atom. The quantitative estimate of drug-likeness (QED) is 0.461. The smallest absolute Gasteiger partial charge is 0.810 e. The number of benzene rings is 2. The van der Waals surface area contributed by atoms with Crippen molar-refractivity contribution in [2.75, 3.05) is 0 Å². The standard InChI is InChI=1S/2C7H9O4P.2Mg/c2*8-7-3-1-6(2-4-7)5-12(9,10)11;;/h2*1-4,8H,5H2,(H2,9,10,11);;/q;;2*+2/p-4. The second kappa shape index (κ2) is 12.4. The molecule has 0 aliphatic rings. The summed E-state index contributed by atoms with van der Waals surface area (Å²) in [6, 6.07) is 11.0. The van der Waals surface area contributed by atoms with Gasteiger partial charge in [-0.1, -0.05) is 39.5 Å². The fourth-order valence-corrected chi connectivity index (χ4v) is 2.97. The SMILES string of the molecule is O=P([O-])([O-])Cc1ccc(O)cc1.O=P([O-])([O-])Cc1ccc(O)cc1.[Mg+2].[Mg+2]. The van der Waals surface area contributed by atoms with Crippen LogP contribution in [-0.2, 0) is 21.5 Å². The number of phenolic OH excluding ortho intramolecular Hbond substituents is 2. The largest absolute Gasteiger partial charge is 2.00 e. The van der Waals surface area contributed by atoms with Crippen molar-refractivity contribution in [1.82, 2.24) is 0 Å². The maximum Gasteiger partial charge on any atom is 2.00 e. The van der Waals surface area contributed by atoms with Crippen LogP contribution in [0.2, 0.25) is 0 Å². The van der Waals surface area contributed by atoms with Crippen LogP contribution >= 0.6 is 15.2 Å². The van der Waals surface area contributed by atoms with Crippen LogP contribution < -0.4 is 19.6 Å². The molecule has 0 spiro atoms. The zero-order valence-corrected chi connectivity index (χ0v) is 18.3. The van der Waals surface area contributed by atoms with Gasteiger partial charge in [0.15, 0.2) is 0 Å². The van der Waals surface area contributed by atoms with Crippen molar-refractivity contribution >= 4 is 61.3 Å². The molecule has 0 aromatic heterocycles. The van der Waals surface area contributed by atoms with Crippen molar-refractivity contribution in [3.8, 4) is 11.5 Å². The first-order chi connectivity index (χ1) is 10.9. The van der Waals surface area contributed by atoms with Gasteiger partial charge >= 0.3 is 46.1 Å². The van der Waals surface area contributed by atoms with Crippen LogP contribution in [-0.4, -0.2) is 56.3 Å². The first kappa shape index (κ1) is 28.1. The van der Waals surface area contributed by atoms with E-state index in [1.807, 2.05) is 0 Å². The molecule has 0 heterocycles. The zero-order chi connectivity index (χ0) is 18.4. The van der Waals surface area contributed by atoms with E-state index in [1.54, 1.807) is 0 Å². The molecule has 2 aromatic carbocycles. The van der Waals surface area contributed by atoms with Gasteiger partial charge in [-0.25, -0.2) is 0 Å². The maximum atomic E-state index is 10.3. The molecule has 0 aliphatic heterocycles. The molecular weight excluding hydrogens is 407 g/mol. The Kier molecular flexibility index (Phi) is 13.3. The van der Waals surface area contributed by atoms with Crippen LogP contribution in [0.5, 0.6) is 11.5 Å². The number of hydrogen-bond donors (Lipinski definition) is 2. The van der Waals surface area contributed by atoms with Crippen molar-refractivity contribution < 1.29 is 38.9 Å². The Hall–Kier alpha value is -0.128. The van der Waals surface area contributed by atoms with E-state index in [4.69, 9.17) is 10.2 Å². The molecule has 0 saturated heterocycles. The fourth-order valence-electron chi connectivity index (χ4n) is 1.65. The summed E-state index contributed by atoms with van der Waals surface area (Å²) >= 11 is 0. The minimum absolute atomic E-state index is 0. The minimum Gasteiger partial charge on any atom is -0.810 e. The second-order valence-electron chi connectivity index (χ2n) is 4.87. The number of phenols is 2. The van der Waals surface area contributed by atoms with Gasteiger partial charge in [0.2, 0.25) is 0 Å². The van der Waals surface area contributed by atoms with Gasteiger partial charge in [-0.2, -0.15) is 0 Å². The van der Waals surface area contributed by atoms with E-state index in [0.29, 0.717) is 11.1 Å². The molecule has 0 saturated carbocycles. The number of hydrogen-bond acceptors (Lipinski definition) is 8. The van der Waals surface area contributed by atoms with Gasteiger partial charge in [-0.3, -0.25) is 0 Å². The fraction of sp³-hybridized carbons (Fsp3) is 0.143. The molecular formula is C14H14Mg2O8P2. The molecule has 132 valence electrons. The first-order valence-electron chi connectivity index (χ1n) is 6.52. The van der Waals surface area contributed by atoms with Gasteiger partial charge in [0.05, 0.1) is 0 Å². The average molecular weight is 421 g/mol. The normalized spacial score (nSPS) is 10.6. The Bertz CT molecular complexity index is 675. The summed E-state index contributed by atoms with van der Waals surface area (Å²) in [5, 5.41) is 17.7. The van der Waals surface area contributed by atoms with Gasteiger partial charge in [-0.05, 0) is 35.4 Å². The molecule has 0 bridgehead atoms. The summed E-state index contributed by atoms with van der Waals surface area (Å²) in [6.07, 6.45) is -1.01. The van der Waals surface area contributed by atoms with Crippen molar-refractivity contribution in [2.45, 2.75) is 12.3 Å². The third kappa shape index (κ3) is 14.0. The van der Waals surface area contributed by atoms with E-state index in [1.165, 1.54) is 48.5 Å². The van der Waals surface area contributed by atoms with E-state index >= 15 is 0 Å². The second-order valence-corrected chi connectivity index (χ2v) is 7.95. The van der Waals surface area contributed by atoms with E-state index in [2.05, 4.69) is 0 Å². The van der Waals surface area contributed by atoms with Gasteiger partial charge in [0.1, 0.15) is 11.5 Å². The zero-order valence-electron chi connectivity index (χ0n) is 13.7. The Morgan fingerprint density at radius 3 is 1.04 bits per heavy atom. The van der Waals surface area contributed by atoms with Crippen LogP contribution in [0.1, 0.15) is 11.1 Å². The predicted molar refractivity (Wildman–Crippen MR) is 90.3 cm³/mol. The van der Waals surface area contributed by atoms with Gasteiger partial charge < -0.3 is 38.9 Å². The number of rotatable bonds is 4. The molecule has 12 heteroatoms. The summed E-state index contributed by atoms with van der Waals surface area (Å²) in [5.41, 5.74) is 0.780. The summed E-state index contributed by atoms with van der Waals surface area (Å²) in [4.78, 5) is 41.2. The monoisotopic (exact) mass is 420 g/mol. The molecule has 26 heavy (non-hydrogen) atoms. The van der Waals surface area contributed by atoms with Crippen molar-refractivity contribution in [1.29, 1.82) is 0 Å². The predicted octanol–water partition coefficient (Wildman–Crippen LogP) is -1.15. The average Bonchev–Trinajstić information content (AvgIpc) is 2.42. The van der Waals surface area contributed by atoms with Gasteiger partial charge in [0.25, 0.3) is 0 Å². The van der Waals surface area contributed by atoms with Crippen LogP contribution in [0.4, 0.5) is 0 Å². The molecule has 2 N–H and O–H groups in total. The summed E-state index contributed by atoms with van der Waals surface area (Å²) in [5.74, 6) is 0.0933. The van der Waals surface area contributed by atoms with Crippen LogP contribution in [0.3, 0.4) is 0 Å². The van der Waals surface area contributed by atoms with Crippen LogP contribution in [0.25, 0.3) is 0 Å². The first-order valence-corrected chi connectivity index (χ1v) is 9.98. The molecule has 0 aliphatic carbocycles. The summed E-state index contributed by atoms with van der Waals surface area (Å²) in [6.45, 7) is 0. The van der Waals surface area contributed by atoms with E-state index in [9.17, 15) is 28.7 Å². The third-order valence-corrected chi connectivity index (χ3v) is 4.13.